The predicted octanol–water partition coefficient (Wildman–Crippen LogP) is 6.29. The summed E-state index contributed by atoms with van der Waals surface area (Å²) in [5, 5.41) is 0. The molecule has 0 amide bonds. The van der Waals surface area contributed by atoms with Gasteiger partial charge in [0.1, 0.15) is 0 Å². The number of hydrogen-bond acceptors (Lipinski definition) is 0. The number of rotatable bonds is 0. The Bertz CT molecular complexity index is 520. The van der Waals surface area contributed by atoms with E-state index in [0.717, 1.165) is 11.8 Å². The van der Waals surface area contributed by atoms with Crippen LogP contribution >= 0.6 is 0 Å². The Morgan fingerprint density at radius 1 is 0.810 bits per heavy atom. The molecule has 0 radical (unpaired) electrons. The molecule has 0 spiro atoms. The fraction of sp³-hybridized carbons (Fsp3) is 0.810. The summed E-state index contributed by atoms with van der Waals surface area (Å²) in [6.07, 6.45) is 16.7. The lowest BCUT2D eigenvalue weighted by Gasteiger charge is -2.56. The van der Waals surface area contributed by atoms with E-state index >= 15 is 0 Å². The van der Waals surface area contributed by atoms with E-state index in [0.29, 0.717) is 16.2 Å². The van der Waals surface area contributed by atoms with E-state index in [1.807, 2.05) is 5.57 Å². The van der Waals surface area contributed by atoms with Gasteiger partial charge in [0.05, 0.1) is 0 Å². The van der Waals surface area contributed by atoms with Gasteiger partial charge in [-0.25, -0.2) is 0 Å². The number of hydrogen-bond donors (Lipinski definition) is 0. The van der Waals surface area contributed by atoms with Crippen molar-refractivity contribution in [1.82, 2.24) is 0 Å². The molecule has 0 saturated heterocycles. The van der Waals surface area contributed by atoms with Crippen molar-refractivity contribution in [2.45, 2.75) is 79.1 Å². The molecular formula is C21H32. The maximum absolute atomic E-state index is 2.61. The maximum Gasteiger partial charge on any atom is -0.00423 e. The number of fused-ring (bicyclic) bond motifs is 5. The third kappa shape index (κ3) is 1.80. The van der Waals surface area contributed by atoms with Gasteiger partial charge in [0.15, 0.2) is 0 Å². The van der Waals surface area contributed by atoms with Crippen LogP contribution in [-0.2, 0) is 0 Å². The zero-order valence-electron chi connectivity index (χ0n) is 14.5. The van der Waals surface area contributed by atoms with Crippen LogP contribution in [0.4, 0.5) is 0 Å². The van der Waals surface area contributed by atoms with Crippen LogP contribution in [0.1, 0.15) is 79.1 Å². The van der Waals surface area contributed by atoms with Crippen molar-refractivity contribution >= 4 is 0 Å². The monoisotopic (exact) mass is 284 g/mol. The Morgan fingerprint density at radius 2 is 1.62 bits per heavy atom. The Morgan fingerprint density at radius 3 is 2.43 bits per heavy atom. The summed E-state index contributed by atoms with van der Waals surface area (Å²) in [6.45, 7) is 10.2. The van der Waals surface area contributed by atoms with Crippen molar-refractivity contribution in [3.05, 3.63) is 23.3 Å². The summed E-state index contributed by atoms with van der Waals surface area (Å²) < 4.78 is 0. The highest BCUT2D eigenvalue weighted by Crippen LogP contribution is 2.65. The Labute approximate surface area is 131 Å². The third-order valence-electron chi connectivity index (χ3n) is 7.94. The van der Waals surface area contributed by atoms with Gasteiger partial charge in [-0.1, -0.05) is 63.8 Å². The Balaban J connectivity index is 1.80. The topological polar surface area (TPSA) is 0 Å². The smallest absolute Gasteiger partial charge is 0.00423 e. The molecular weight excluding hydrogens is 252 g/mol. The third-order valence-corrected chi connectivity index (χ3v) is 7.94. The highest BCUT2D eigenvalue weighted by Gasteiger charge is 2.54. The normalized spacial score (nSPS) is 47.8. The fourth-order valence-corrected chi connectivity index (χ4v) is 6.80. The summed E-state index contributed by atoms with van der Waals surface area (Å²) in [5.74, 6) is 1.75. The molecule has 0 aromatic heterocycles. The van der Waals surface area contributed by atoms with Crippen LogP contribution in [0.5, 0.6) is 0 Å². The quantitative estimate of drug-likeness (QED) is 0.490. The van der Waals surface area contributed by atoms with Gasteiger partial charge in [0, 0.05) is 0 Å². The molecule has 0 nitrogen and oxygen atoms in total. The van der Waals surface area contributed by atoms with E-state index in [1.54, 1.807) is 5.57 Å². The lowest BCUT2D eigenvalue weighted by Crippen LogP contribution is -2.46. The van der Waals surface area contributed by atoms with E-state index in [1.165, 1.54) is 51.4 Å². The molecule has 0 N–H and O–H groups in total. The standard InChI is InChI=1S/C21H32/c1-19(2)11-6-13-21(4)17-10-14-20(3)12-5-7-16(20)15(17)8-9-18(19)21/h8-9,16-17H,5-7,10-14H2,1-4H3/t16-,17-,20-,21+/m0/s1. The largest absolute Gasteiger partial charge is 0.0626 e. The van der Waals surface area contributed by atoms with E-state index in [-0.39, 0.29) is 0 Å². The van der Waals surface area contributed by atoms with E-state index in [9.17, 15) is 0 Å². The van der Waals surface area contributed by atoms with Crippen LogP contribution in [0.2, 0.25) is 0 Å². The molecule has 0 aliphatic heterocycles. The van der Waals surface area contributed by atoms with Crippen LogP contribution < -0.4 is 0 Å². The molecule has 0 aromatic carbocycles. The maximum atomic E-state index is 2.61. The van der Waals surface area contributed by atoms with Crippen LogP contribution in [-0.4, -0.2) is 0 Å². The molecule has 3 saturated carbocycles. The van der Waals surface area contributed by atoms with Crippen LogP contribution in [0, 0.1) is 28.1 Å². The average Bonchev–Trinajstić information content (AvgIpc) is 2.79. The second-order valence-electron chi connectivity index (χ2n) is 9.59. The van der Waals surface area contributed by atoms with Crippen LogP contribution in [0.15, 0.2) is 23.3 Å². The van der Waals surface area contributed by atoms with Crippen molar-refractivity contribution in [2.75, 3.05) is 0 Å². The Kier molecular flexibility index (Phi) is 2.87. The fourth-order valence-electron chi connectivity index (χ4n) is 6.80. The lowest BCUT2D eigenvalue weighted by molar-refractivity contribution is 0.0749. The second-order valence-corrected chi connectivity index (χ2v) is 9.59. The molecule has 21 heavy (non-hydrogen) atoms. The van der Waals surface area contributed by atoms with Crippen LogP contribution in [0.25, 0.3) is 0 Å². The van der Waals surface area contributed by atoms with Crippen molar-refractivity contribution in [3.63, 3.8) is 0 Å². The summed E-state index contributed by atoms with van der Waals surface area (Å²) in [7, 11) is 0. The molecule has 0 heterocycles. The summed E-state index contributed by atoms with van der Waals surface area (Å²) in [6, 6.07) is 0. The first-order valence-corrected chi connectivity index (χ1v) is 9.30. The predicted molar refractivity (Wildman–Crippen MR) is 90.1 cm³/mol. The highest BCUT2D eigenvalue weighted by atomic mass is 14.6. The molecule has 4 rings (SSSR count). The van der Waals surface area contributed by atoms with Crippen molar-refractivity contribution in [3.8, 4) is 0 Å². The van der Waals surface area contributed by atoms with Crippen LogP contribution in [0.3, 0.4) is 0 Å². The molecule has 3 fully saturated rings. The molecule has 4 aliphatic rings. The minimum atomic E-state index is 0.422. The lowest BCUT2D eigenvalue weighted by atomic mass is 9.48. The minimum Gasteiger partial charge on any atom is -0.0626 e. The highest BCUT2D eigenvalue weighted by molar-refractivity contribution is 5.40. The molecule has 4 aliphatic carbocycles. The molecule has 4 atom stereocenters. The van der Waals surface area contributed by atoms with Gasteiger partial charge >= 0.3 is 0 Å². The van der Waals surface area contributed by atoms with Gasteiger partial charge in [-0.2, -0.15) is 0 Å². The number of allylic oxidation sites excluding steroid dienone is 4. The van der Waals surface area contributed by atoms with Gasteiger partial charge in [0.25, 0.3) is 0 Å². The van der Waals surface area contributed by atoms with Crippen molar-refractivity contribution < 1.29 is 0 Å². The van der Waals surface area contributed by atoms with Gasteiger partial charge in [0.2, 0.25) is 0 Å². The summed E-state index contributed by atoms with van der Waals surface area (Å²) in [5.41, 5.74) is 5.15. The molecule has 0 heteroatoms. The zero-order chi connectivity index (χ0) is 14.9. The summed E-state index contributed by atoms with van der Waals surface area (Å²) in [4.78, 5) is 0. The average molecular weight is 284 g/mol. The minimum absolute atomic E-state index is 0.422. The Hall–Kier alpha value is -0.520. The van der Waals surface area contributed by atoms with Gasteiger partial charge in [-0.3, -0.25) is 0 Å². The zero-order valence-corrected chi connectivity index (χ0v) is 14.5. The van der Waals surface area contributed by atoms with E-state index < -0.39 is 0 Å². The van der Waals surface area contributed by atoms with Crippen molar-refractivity contribution in [1.29, 1.82) is 0 Å². The van der Waals surface area contributed by atoms with E-state index in [4.69, 9.17) is 0 Å². The van der Waals surface area contributed by atoms with Gasteiger partial charge in [-0.05, 0) is 66.6 Å². The summed E-state index contributed by atoms with van der Waals surface area (Å²) >= 11 is 0. The van der Waals surface area contributed by atoms with Gasteiger partial charge < -0.3 is 0 Å². The second kappa shape index (κ2) is 4.27. The SMILES string of the molecule is CC1(C)CCC[C@@]2(C)C1=CC=C1[C@@H]3CCC[C@@]3(C)CC[C@@H]12. The first kappa shape index (κ1) is 14.1. The van der Waals surface area contributed by atoms with Crippen molar-refractivity contribution in [2.24, 2.45) is 28.1 Å². The van der Waals surface area contributed by atoms with Gasteiger partial charge in [-0.15, -0.1) is 0 Å². The van der Waals surface area contributed by atoms with E-state index in [2.05, 4.69) is 39.8 Å². The molecule has 0 unspecified atom stereocenters. The first-order chi connectivity index (χ1) is 9.87. The molecule has 0 aromatic rings. The molecule has 0 bridgehead atoms. The molecule has 116 valence electrons. The first-order valence-electron chi connectivity index (χ1n) is 9.30.